The van der Waals surface area contributed by atoms with Gasteiger partial charge in [-0.25, -0.2) is 0 Å². The van der Waals surface area contributed by atoms with Gasteiger partial charge < -0.3 is 15.4 Å². The Morgan fingerprint density at radius 3 is 2.68 bits per heavy atom. The molecule has 1 unspecified atom stereocenters. The molecule has 1 amide bonds. The summed E-state index contributed by atoms with van der Waals surface area (Å²) in [7, 11) is 0. The molecule has 0 aliphatic carbocycles. The number of nitrogens with zero attached hydrogens (tertiary/aromatic N) is 1. The highest BCUT2D eigenvalue weighted by Crippen LogP contribution is 2.21. The number of rotatable bonds is 4. The van der Waals surface area contributed by atoms with E-state index in [1.54, 1.807) is 4.90 Å². The van der Waals surface area contributed by atoms with Gasteiger partial charge in [0.25, 0.3) is 5.91 Å². The van der Waals surface area contributed by atoms with Gasteiger partial charge in [0, 0.05) is 24.7 Å². The predicted octanol–water partition coefficient (Wildman–Crippen LogP) is 1.85. The van der Waals surface area contributed by atoms with Crippen LogP contribution in [-0.4, -0.2) is 36.5 Å². The molecule has 1 fully saturated rings. The Hall–Kier alpha value is -1.69. The van der Waals surface area contributed by atoms with Gasteiger partial charge in [-0.2, -0.15) is 8.78 Å². The van der Waals surface area contributed by atoms with Gasteiger partial charge in [0.2, 0.25) is 0 Å². The molecule has 1 aliphatic heterocycles. The van der Waals surface area contributed by atoms with Crippen LogP contribution in [0.3, 0.4) is 0 Å². The summed E-state index contributed by atoms with van der Waals surface area (Å²) < 4.78 is 28.3. The summed E-state index contributed by atoms with van der Waals surface area (Å²) in [6, 6.07) is 5.79. The van der Waals surface area contributed by atoms with E-state index in [1.165, 1.54) is 24.3 Å². The lowest BCUT2D eigenvalue weighted by Crippen LogP contribution is -2.39. The lowest BCUT2D eigenvalue weighted by Gasteiger charge is -2.23. The molecule has 1 aromatic carbocycles. The molecule has 4 nitrogen and oxygen atoms in total. The third-order valence-electron chi connectivity index (χ3n) is 3.24. The Labute approximate surface area is 110 Å². The molecule has 0 aromatic heterocycles. The van der Waals surface area contributed by atoms with Crippen molar-refractivity contribution < 1.29 is 18.3 Å². The van der Waals surface area contributed by atoms with Crippen LogP contribution >= 0.6 is 0 Å². The van der Waals surface area contributed by atoms with E-state index in [9.17, 15) is 13.6 Å². The molecular weight excluding hydrogens is 254 g/mol. The summed E-state index contributed by atoms with van der Waals surface area (Å²) in [5.41, 5.74) is 6.08. The maximum Gasteiger partial charge on any atom is 0.387 e. The average Bonchev–Trinajstić information content (AvgIpc) is 2.86. The molecule has 2 N–H and O–H groups in total. The van der Waals surface area contributed by atoms with E-state index in [1.807, 2.05) is 0 Å². The minimum absolute atomic E-state index is 0.0448. The number of nitrogens with two attached hydrogens (primary N) is 1. The van der Waals surface area contributed by atoms with Gasteiger partial charge in [-0.05, 0) is 37.1 Å². The highest BCUT2D eigenvalue weighted by Gasteiger charge is 2.28. The van der Waals surface area contributed by atoms with E-state index < -0.39 is 6.61 Å². The normalized spacial score (nSPS) is 18.9. The Bertz CT molecular complexity index is 437. The molecule has 2 rings (SSSR count). The number of likely N-dealkylation sites (tertiary alicyclic amines) is 1. The third kappa shape index (κ3) is 3.20. The highest BCUT2D eigenvalue weighted by atomic mass is 19.3. The first-order valence-electron chi connectivity index (χ1n) is 6.17. The van der Waals surface area contributed by atoms with Crippen LogP contribution < -0.4 is 10.5 Å². The van der Waals surface area contributed by atoms with E-state index in [0.29, 0.717) is 18.7 Å². The van der Waals surface area contributed by atoms with Crippen molar-refractivity contribution in [1.29, 1.82) is 0 Å². The van der Waals surface area contributed by atoms with Crippen molar-refractivity contribution >= 4 is 5.91 Å². The molecule has 0 bridgehead atoms. The van der Waals surface area contributed by atoms with Gasteiger partial charge in [-0.1, -0.05) is 0 Å². The van der Waals surface area contributed by atoms with Crippen LogP contribution in [0.1, 0.15) is 23.2 Å². The van der Waals surface area contributed by atoms with Crippen molar-refractivity contribution in [3.05, 3.63) is 29.8 Å². The number of hydrogen-bond donors (Lipinski definition) is 1. The van der Waals surface area contributed by atoms with Crippen molar-refractivity contribution in [2.45, 2.75) is 25.5 Å². The molecule has 1 atom stereocenters. The summed E-state index contributed by atoms with van der Waals surface area (Å²) >= 11 is 0. The van der Waals surface area contributed by atoms with Gasteiger partial charge in [-0.15, -0.1) is 0 Å². The molecular formula is C13H16F2N2O2. The van der Waals surface area contributed by atoms with Crippen LogP contribution in [0.4, 0.5) is 8.78 Å². The third-order valence-corrected chi connectivity index (χ3v) is 3.24. The Morgan fingerprint density at radius 2 is 2.11 bits per heavy atom. The van der Waals surface area contributed by atoms with Crippen molar-refractivity contribution in [2.24, 2.45) is 5.73 Å². The Morgan fingerprint density at radius 1 is 1.42 bits per heavy atom. The van der Waals surface area contributed by atoms with Gasteiger partial charge in [0.15, 0.2) is 0 Å². The van der Waals surface area contributed by atoms with E-state index in [0.717, 1.165) is 12.8 Å². The number of hydrogen-bond acceptors (Lipinski definition) is 3. The zero-order valence-corrected chi connectivity index (χ0v) is 10.4. The van der Waals surface area contributed by atoms with Crippen molar-refractivity contribution in [2.75, 3.05) is 13.1 Å². The summed E-state index contributed by atoms with van der Waals surface area (Å²) in [6.45, 7) is -1.73. The smallest absolute Gasteiger partial charge is 0.387 e. The van der Waals surface area contributed by atoms with Crippen LogP contribution in [-0.2, 0) is 0 Å². The fraction of sp³-hybridized carbons (Fsp3) is 0.462. The monoisotopic (exact) mass is 270 g/mol. The molecule has 1 aliphatic rings. The van der Waals surface area contributed by atoms with Crippen molar-refractivity contribution in [1.82, 2.24) is 4.90 Å². The minimum atomic E-state index is -2.86. The van der Waals surface area contributed by atoms with Crippen LogP contribution in [0.2, 0.25) is 0 Å². The zero-order chi connectivity index (χ0) is 13.8. The van der Waals surface area contributed by atoms with Crippen LogP contribution in [0, 0.1) is 0 Å². The molecule has 1 aromatic rings. The maximum atomic E-state index is 12.2. The molecule has 104 valence electrons. The second-order valence-electron chi connectivity index (χ2n) is 4.43. The first-order valence-corrected chi connectivity index (χ1v) is 6.17. The number of carbonyl (C=O) groups excluding carboxylic acids is 1. The quantitative estimate of drug-likeness (QED) is 0.908. The maximum absolute atomic E-state index is 12.2. The molecule has 1 heterocycles. The van der Waals surface area contributed by atoms with E-state index in [-0.39, 0.29) is 17.7 Å². The average molecular weight is 270 g/mol. The standard InChI is InChI=1S/C13H16F2N2O2/c14-13(15)19-11-5-3-9(4-6-11)12(18)17-7-1-2-10(17)8-16/h3-6,10,13H,1-2,7-8,16H2. The first kappa shape index (κ1) is 13.7. The van der Waals surface area contributed by atoms with Crippen LogP contribution in [0.15, 0.2) is 24.3 Å². The molecule has 1 saturated heterocycles. The number of carbonyl (C=O) groups is 1. The summed E-state index contributed by atoms with van der Waals surface area (Å²) in [6.07, 6.45) is 1.86. The lowest BCUT2D eigenvalue weighted by molar-refractivity contribution is -0.0498. The number of halogens is 2. The van der Waals surface area contributed by atoms with E-state index in [2.05, 4.69) is 4.74 Å². The summed E-state index contributed by atoms with van der Waals surface area (Å²) in [5, 5.41) is 0. The summed E-state index contributed by atoms with van der Waals surface area (Å²) in [4.78, 5) is 14.0. The summed E-state index contributed by atoms with van der Waals surface area (Å²) in [5.74, 6) is -0.0695. The first-order chi connectivity index (χ1) is 9.11. The fourth-order valence-corrected chi connectivity index (χ4v) is 2.29. The largest absolute Gasteiger partial charge is 0.435 e. The number of alkyl halides is 2. The second-order valence-corrected chi connectivity index (χ2v) is 4.43. The van der Waals surface area contributed by atoms with Gasteiger partial charge in [0.05, 0.1) is 0 Å². The SMILES string of the molecule is NCC1CCCN1C(=O)c1ccc(OC(F)F)cc1. The highest BCUT2D eigenvalue weighted by molar-refractivity contribution is 5.94. The van der Waals surface area contributed by atoms with E-state index >= 15 is 0 Å². The molecule has 0 saturated carbocycles. The molecule has 19 heavy (non-hydrogen) atoms. The molecule has 0 spiro atoms. The second kappa shape index (κ2) is 5.97. The van der Waals surface area contributed by atoms with E-state index in [4.69, 9.17) is 5.73 Å². The van der Waals surface area contributed by atoms with Crippen molar-refractivity contribution in [3.63, 3.8) is 0 Å². The van der Waals surface area contributed by atoms with Crippen LogP contribution in [0.5, 0.6) is 5.75 Å². The van der Waals surface area contributed by atoms with Crippen LogP contribution in [0.25, 0.3) is 0 Å². The number of ether oxygens (including phenoxy) is 1. The minimum Gasteiger partial charge on any atom is -0.435 e. The van der Waals surface area contributed by atoms with Gasteiger partial charge in [0.1, 0.15) is 5.75 Å². The fourth-order valence-electron chi connectivity index (χ4n) is 2.29. The van der Waals surface area contributed by atoms with Gasteiger partial charge in [-0.3, -0.25) is 4.79 Å². The lowest BCUT2D eigenvalue weighted by atomic mass is 10.1. The topological polar surface area (TPSA) is 55.6 Å². The molecule has 0 radical (unpaired) electrons. The zero-order valence-electron chi connectivity index (χ0n) is 10.4. The Balaban J connectivity index is 2.07. The Kier molecular flexibility index (Phi) is 4.31. The van der Waals surface area contributed by atoms with Crippen molar-refractivity contribution in [3.8, 4) is 5.75 Å². The number of benzene rings is 1. The predicted molar refractivity (Wildman–Crippen MR) is 66.2 cm³/mol. The number of amides is 1. The molecule has 6 heteroatoms. The van der Waals surface area contributed by atoms with Gasteiger partial charge >= 0.3 is 6.61 Å².